The van der Waals surface area contributed by atoms with Gasteiger partial charge in [0.2, 0.25) is 0 Å². The first-order valence-corrected chi connectivity index (χ1v) is 8.55. The van der Waals surface area contributed by atoms with Gasteiger partial charge in [-0.25, -0.2) is 4.98 Å². The first-order valence-electron chi connectivity index (χ1n) is 8.55. The molecule has 0 bridgehead atoms. The van der Waals surface area contributed by atoms with Gasteiger partial charge in [0.05, 0.1) is 5.52 Å². The number of nitrogens with zero attached hydrogens (tertiary/aromatic N) is 2. The quantitative estimate of drug-likeness (QED) is 0.931. The number of nitrogens with one attached hydrogen (secondary N) is 1. The Hall–Kier alpha value is -1.61. The second-order valence-corrected chi connectivity index (χ2v) is 7.11. The maximum Gasteiger partial charge on any atom is 0.126 e. The predicted molar refractivity (Wildman–Crippen MR) is 92.4 cm³/mol. The Morgan fingerprint density at radius 2 is 2.05 bits per heavy atom. The number of benzene rings is 1. The van der Waals surface area contributed by atoms with E-state index in [1.54, 1.807) is 0 Å². The highest BCUT2D eigenvalue weighted by molar-refractivity contribution is 5.84. The Labute approximate surface area is 132 Å². The van der Waals surface area contributed by atoms with Crippen molar-refractivity contribution in [1.82, 2.24) is 9.88 Å². The normalized spacial score (nSPS) is 22.4. The third kappa shape index (κ3) is 2.82. The standard InChI is InChI=1S/C19H25N3/c1-13-3-6-18-17(9-13)14(2)10-19(21-18)20-11-15-7-8-22(12-15)16-4-5-16/h3,6,9-10,15-16H,4-5,7-8,11-12H2,1-2H3,(H,20,21)/t15-/m1/s1. The number of hydrogen-bond acceptors (Lipinski definition) is 3. The molecule has 3 nitrogen and oxygen atoms in total. The minimum atomic E-state index is 0.774. The van der Waals surface area contributed by atoms with Crippen LogP contribution in [0.25, 0.3) is 10.9 Å². The van der Waals surface area contributed by atoms with Crippen LogP contribution in [-0.2, 0) is 0 Å². The van der Waals surface area contributed by atoms with Gasteiger partial charge in [-0.1, -0.05) is 11.6 Å². The Bertz CT molecular complexity index is 690. The zero-order valence-corrected chi connectivity index (χ0v) is 13.6. The topological polar surface area (TPSA) is 28.2 Å². The van der Waals surface area contributed by atoms with E-state index in [0.717, 1.165) is 29.8 Å². The van der Waals surface area contributed by atoms with Crippen molar-refractivity contribution >= 4 is 16.7 Å². The number of hydrogen-bond donors (Lipinski definition) is 1. The van der Waals surface area contributed by atoms with E-state index in [9.17, 15) is 0 Å². The van der Waals surface area contributed by atoms with Crippen molar-refractivity contribution in [2.75, 3.05) is 25.0 Å². The molecule has 0 radical (unpaired) electrons. The highest BCUT2D eigenvalue weighted by Gasteiger charge is 2.34. The molecule has 2 heterocycles. The molecule has 2 aromatic rings. The molecule has 1 saturated heterocycles. The van der Waals surface area contributed by atoms with Crippen LogP contribution >= 0.6 is 0 Å². The summed E-state index contributed by atoms with van der Waals surface area (Å²) in [4.78, 5) is 7.45. The maximum atomic E-state index is 4.78. The molecule has 1 saturated carbocycles. The zero-order chi connectivity index (χ0) is 15.1. The van der Waals surface area contributed by atoms with Gasteiger partial charge in [0.15, 0.2) is 0 Å². The summed E-state index contributed by atoms with van der Waals surface area (Å²) >= 11 is 0. The van der Waals surface area contributed by atoms with Gasteiger partial charge in [-0.05, 0) is 69.3 Å². The van der Waals surface area contributed by atoms with Gasteiger partial charge < -0.3 is 10.2 Å². The van der Waals surface area contributed by atoms with E-state index in [2.05, 4.69) is 48.3 Å². The van der Waals surface area contributed by atoms with Crippen molar-refractivity contribution in [3.05, 3.63) is 35.4 Å². The van der Waals surface area contributed by atoms with E-state index < -0.39 is 0 Å². The van der Waals surface area contributed by atoms with Gasteiger partial charge in [0.25, 0.3) is 0 Å². The molecule has 0 unspecified atom stereocenters. The molecule has 2 aliphatic rings. The Morgan fingerprint density at radius 3 is 2.86 bits per heavy atom. The smallest absolute Gasteiger partial charge is 0.126 e. The van der Waals surface area contributed by atoms with Crippen molar-refractivity contribution in [1.29, 1.82) is 0 Å². The van der Waals surface area contributed by atoms with Crippen molar-refractivity contribution in [3.8, 4) is 0 Å². The summed E-state index contributed by atoms with van der Waals surface area (Å²) < 4.78 is 0. The van der Waals surface area contributed by atoms with Crippen LogP contribution in [-0.4, -0.2) is 35.6 Å². The summed E-state index contributed by atoms with van der Waals surface area (Å²) in [5.74, 6) is 1.80. The van der Waals surface area contributed by atoms with E-state index in [1.807, 2.05) is 0 Å². The van der Waals surface area contributed by atoms with Crippen LogP contribution < -0.4 is 5.32 Å². The van der Waals surface area contributed by atoms with Crippen molar-refractivity contribution in [2.45, 2.75) is 39.2 Å². The summed E-state index contributed by atoms with van der Waals surface area (Å²) in [6.07, 6.45) is 4.17. The van der Waals surface area contributed by atoms with Crippen molar-refractivity contribution in [3.63, 3.8) is 0 Å². The van der Waals surface area contributed by atoms with Crippen LogP contribution in [0.3, 0.4) is 0 Å². The fourth-order valence-electron chi connectivity index (χ4n) is 3.65. The lowest BCUT2D eigenvalue weighted by Crippen LogP contribution is -2.24. The first kappa shape index (κ1) is 14.0. The molecule has 3 heteroatoms. The Morgan fingerprint density at radius 1 is 1.18 bits per heavy atom. The van der Waals surface area contributed by atoms with Gasteiger partial charge >= 0.3 is 0 Å². The molecule has 1 aromatic carbocycles. The van der Waals surface area contributed by atoms with Gasteiger partial charge in [0, 0.05) is 24.5 Å². The fraction of sp³-hybridized carbons (Fsp3) is 0.526. The molecule has 116 valence electrons. The minimum Gasteiger partial charge on any atom is -0.370 e. The number of aryl methyl sites for hydroxylation is 2. The molecule has 1 aliphatic heterocycles. The molecule has 1 atom stereocenters. The molecule has 1 aliphatic carbocycles. The lowest BCUT2D eigenvalue weighted by atomic mass is 10.1. The number of aromatic nitrogens is 1. The van der Waals surface area contributed by atoms with Crippen molar-refractivity contribution < 1.29 is 0 Å². The summed E-state index contributed by atoms with van der Waals surface area (Å²) in [6, 6.07) is 9.60. The Kier molecular flexibility index (Phi) is 3.53. The number of pyridine rings is 1. The van der Waals surface area contributed by atoms with E-state index in [4.69, 9.17) is 4.98 Å². The van der Waals surface area contributed by atoms with Gasteiger partial charge in [0.1, 0.15) is 5.82 Å². The van der Waals surface area contributed by atoms with E-state index >= 15 is 0 Å². The third-order valence-corrected chi connectivity index (χ3v) is 5.12. The minimum absolute atomic E-state index is 0.774. The maximum absolute atomic E-state index is 4.78. The van der Waals surface area contributed by atoms with Crippen LogP contribution in [0, 0.1) is 19.8 Å². The molecular weight excluding hydrogens is 270 g/mol. The number of fused-ring (bicyclic) bond motifs is 1. The summed E-state index contributed by atoms with van der Waals surface area (Å²) in [5, 5.41) is 4.85. The first-order chi connectivity index (χ1) is 10.7. The summed E-state index contributed by atoms with van der Waals surface area (Å²) in [7, 11) is 0. The third-order valence-electron chi connectivity index (χ3n) is 5.12. The van der Waals surface area contributed by atoms with Crippen LogP contribution in [0.2, 0.25) is 0 Å². The van der Waals surface area contributed by atoms with Crippen LogP contribution in [0.1, 0.15) is 30.4 Å². The molecule has 0 amide bonds. The highest BCUT2D eigenvalue weighted by atomic mass is 15.2. The average molecular weight is 295 g/mol. The molecule has 4 rings (SSSR count). The van der Waals surface area contributed by atoms with Crippen LogP contribution in [0.15, 0.2) is 24.3 Å². The summed E-state index contributed by atoms with van der Waals surface area (Å²) in [6.45, 7) is 7.92. The number of anilines is 1. The molecular formula is C19H25N3. The molecule has 22 heavy (non-hydrogen) atoms. The number of rotatable bonds is 4. The van der Waals surface area contributed by atoms with Gasteiger partial charge in [-0.15, -0.1) is 0 Å². The van der Waals surface area contributed by atoms with E-state index in [0.29, 0.717) is 0 Å². The van der Waals surface area contributed by atoms with Crippen LogP contribution in [0.4, 0.5) is 5.82 Å². The average Bonchev–Trinajstić information content (AvgIpc) is 3.25. The lowest BCUT2D eigenvalue weighted by molar-refractivity contribution is 0.316. The zero-order valence-electron chi connectivity index (χ0n) is 13.6. The summed E-state index contributed by atoms with van der Waals surface area (Å²) in [5.41, 5.74) is 3.70. The second-order valence-electron chi connectivity index (χ2n) is 7.11. The molecule has 2 fully saturated rings. The molecule has 1 N–H and O–H groups in total. The molecule has 1 aromatic heterocycles. The van der Waals surface area contributed by atoms with E-state index in [1.165, 1.54) is 48.9 Å². The van der Waals surface area contributed by atoms with Crippen molar-refractivity contribution in [2.24, 2.45) is 5.92 Å². The number of likely N-dealkylation sites (tertiary alicyclic amines) is 1. The van der Waals surface area contributed by atoms with Gasteiger partial charge in [-0.3, -0.25) is 0 Å². The predicted octanol–water partition coefficient (Wildman–Crippen LogP) is 3.75. The second kappa shape index (κ2) is 5.54. The van der Waals surface area contributed by atoms with E-state index in [-0.39, 0.29) is 0 Å². The monoisotopic (exact) mass is 295 g/mol. The van der Waals surface area contributed by atoms with Crippen LogP contribution in [0.5, 0.6) is 0 Å². The lowest BCUT2D eigenvalue weighted by Gasteiger charge is -2.16. The SMILES string of the molecule is Cc1ccc2nc(NC[C@H]3CCN(C4CC4)C3)cc(C)c2c1. The fourth-order valence-corrected chi connectivity index (χ4v) is 3.65. The largest absolute Gasteiger partial charge is 0.370 e. The van der Waals surface area contributed by atoms with Gasteiger partial charge in [-0.2, -0.15) is 0 Å². The Balaban J connectivity index is 1.44. The molecule has 0 spiro atoms. The highest BCUT2D eigenvalue weighted by Crippen LogP contribution is 2.31.